The van der Waals surface area contributed by atoms with Crippen molar-refractivity contribution in [2.24, 2.45) is 5.41 Å². The number of β-amino-alcohol motifs (C(OH)–C–C–N with tert-alkyl or cyclic N) is 1. The van der Waals surface area contributed by atoms with Crippen molar-refractivity contribution in [3.8, 4) is 33.2 Å². The fourth-order valence-corrected chi connectivity index (χ4v) is 12.5. The number of piperazine rings is 1. The van der Waals surface area contributed by atoms with Crippen molar-refractivity contribution in [1.29, 1.82) is 0 Å². The second-order valence-electron chi connectivity index (χ2n) is 23.6. The zero-order valence-electron chi connectivity index (χ0n) is 48.2. The van der Waals surface area contributed by atoms with Crippen LogP contribution in [0.3, 0.4) is 0 Å². The number of aliphatic hydroxyl groups is 1. The number of carbonyl (C=O) groups excluding carboxylic acids is 4. The molecule has 0 saturated carbocycles. The molecule has 0 radical (unpaired) electrons. The monoisotopic (exact) mass is 1140 g/mol. The van der Waals surface area contributed by atoms with Crippen LogP contribution in [-0.2, 0) is 30.5 Å². The van der Waals surface area contributed by atoms with Gasteiger partial charge in [0.25, 0.3) is 0 Å². The first-order valence-electron chi connectivity index (χ1n) is 29.4. The normalized spacial score (nSPS) is 18.8. The number of rotatable bonds is 22. The van der Waals surface area contributed by atoms with Crippen LogP contribution in [0.4, 0.5) is 17.2 Å². The van der Waals surface area contributed by atoms with E-state index in [-0.39, 0.29) is 60.9 Å². The minimum absolute atomic E-state index is 0.0242. The number of aromatic nitrogens is 3. The number of amides is 4. The van der Waals surface area contributed by atoms with Gasteiger partial charge in [-0.3, -0.25) is 24.1 Å². The van der Waals surface area contributed by atoms with Crippen molar-refractivity contribution in [3.63, 3.8) is 0 Å². The number of nitrogens with two attached hydrogens (primary N) is 1. The first-order chi connectivity index (χ1) is 39.5. The van der Waals surface area contributed by atoms with Crippen molar-refractivity contribution < 1.29 is 38.9 Å². The highest BCUT2D eigenvalue weighted by atomic mass is 32.1. The number of ether oxygens (including phenoxy) is 2. The summed E-state index contributed by atoms with van der Waals surface area (Å²) >= 11 is 1.58. The van der Waals surface area contributed by atoms with Gasteiger partial charge in [0.15, 0.2) is 5.82 Å². The summed E-state index contributed by atoms with van der Waals surface area (Å²) in [6.07, 6.45) is 7.03. The van der Waals surface area contributed by atoms with Gasteiger partial charge in [0.1, 0.15) is 30.2 Å². The minimum atomic E-state index is -0.866. The van der Waals surface area contributed by atoms with Crippen molar-refractivity contribution >= 4 is 52.2 Å². The third kappa shape index (κ3) is 15.4. The summed E-state index contributed by atoms with van der Waals surface area (Å²) in [6, 6.07) is 23.6. The molecule has 4 amide bonds. The fourth-order valence-electron chi connectivity index (χ4n) is 11.7. The largest absolute Gasteiger partial charge is 0.507 e. The summed E-state index contributed by atoms with van der Waals surface area (Å²) in [5.41, 5.74) is 13.3. The van der Waals surface area contributed by atoms with E-state index in [1.165, 1.54) is 4.90 Å². The molecule has 0 bridgehead atoms. The SMILES string of the molecule is Cc1ncsc1-c1ccc(CNC(=O)[C@@H]2C[C@@H](O)CN2C(=O)[C@@H](NC(=O)CCCCCCCCC(=O)N2CCN(CCOc3cccc(N4CCOC5(CCN(c6cc(-c7ccccc7O)nnc6N)CC5)C4)c3)CC2)C(C)(C)C)cc1. The second kappa shape index (κ2) is 27.5. The molecule has 1 spiro atoms. The lowest BCUT2D eigenvalue weighted by molar-refractivity contribution is -0.144. The van der Waals surface area contributed by atoms with E-state index in [2.05, 4.69) is 58.7 Å². The Bertz CT molecular complexity index is 2950. The first kappa shape index (κ1) is 59.7. The number of nitrogen functional groups attached to an aromatic ring is 1. The van der Waals surface area contributed by atoms with Crippen LogP contribution < -0.4 is 30.9 Å². The highest BCUT2D eigenvalue weighted by Gasteiger charge is 2.45. The standard InChI is InChI=1S/C62H83N11O8S/c1-43-56(82-42-65-43)45-22-20-44(21-23-45)39-64-59(78)52-37-47(74)40-73(52)60(79)57(61(2,3)4)66-54(76)18-9-7-5-6-8-10-19-55(77)71-30-28-69(29-31-71)32-34-80-48-15-13-14-46(36-48)72-33-35-81-62(41-72)24-26-70(27-25-62)51-38-50(67-68-58(51)63)49-16-11-12-17-53(49)75/h11-17,20-23,36,38,42,47,52,57,74-75H,5-10,18-19,24-35,37,39-41H2,1-4H3,(H2,63,68)(H,64,78)(H,66,76)/t47-,52+,57-/m1/s1. The van der Waals surface area contributed by atoms with E-state index < -0.39 is 23.6 Å². The van der Waals surface area contributed by atoms with E-state index in [0.717, 1.165) is 130 Å². The molecule has 82 heavy (non-hydrogen) atoms. The van der Waals surface area contributed by atoms with Gasteiger partial charge in [-0.15, -0.1) is 21.5 Å². The average molecular weight is 1140 g/mol. The number of carbonyl (C=O) groups is 4. The maximum Gasteiger partial charge on any atom is 0.246 e. The van der Waals surface area contributed by atoms with Gasteiger partial charge in [-0.05, 0) is 79.5 Å². The van der Waals surface area contributed by atoms with Crippen LogP contribution in [0.2, 0.25) is 0 Å². The fraction of sp³-hybridized carbons (Fsp3) is 0.532. The van der Waals surface area contributed by atoms with Crippen LogP contribution in [0.5, 0.6) is 11.5 Å². The lowest BCUT2D eigenvalue weighted by Gasteiger charge is -2.48. The zero-order chi connectivity index (χ0) is 57.8. The predicted octanol–water partition coefficient (Wildman–Crippen LogP) is 7.19. The molecule has 5 aromatic rings. The summed E-state index contributed by atoms with van der Waals surface area (Å²) in [6.45, 7) is 16.1. The molecule has 4 aliphatic rings. The Labute approximate surface area is 486 Å². The maximum atomic E-state index is 14.1. The lowest BCUT2D eigenvalue weighted by Crippen LogP contribution is -2.57. The van der Waals surface area contributed by atoms with Crippen molar-refractivity contribution in [1.82, 2.24) is 40.5 Å². The molecule has 440 valence electrons. The van der Waals surface area contributed by atoms with Crippen LogP contribution in [0, 0.1) is 12.3 Å². The van der Waals surface area contributed by atoms with Crippen molar-refractivity contribution in [2.45, 2.75) is 129 Å². The Morgan fingerprint density at radius 2 is 1.60 bits per heavy atom. The third-order valence-corrected chi connectivity index (χ3v) is 17.6. The number of nitrogens with one attached hydrogen (secondary N) is 2. The topological polar surface area (TPSA) is 232 Å². The van der Waals surface area contributed by atoms with Gasteiger partial charge >= 0.3 is 0 Å². The predicted molar refractivity (Wildman–Crippen MR) is 319 cm³/mol. The van der Waals surface area contributed by atoms with Crippen molar-refractivity contribution in [2.75, 3.05) is 94.2 Å². The lowest BCUT2D eigenvalue weighted by atomic mass is 9.85. The number of phenols is 1. The van der Waals surface area contributed by atoms with Gasteiger partial charge in [0, 0.05) is 109 Å². The molecule has 20 heteroatoms. The number of thiazole rings is 1. The van der Waals surface area contributed by atoms with Crippen LogP contribution in [0.1, 0.15) is 103 Å². The number of aliphatic hydroxyl groups excluding tert-OH is 1. The number of likely N-dealkylation sites (tertiary alicyclic amines) is 1. The van der Waals surface area contributed by atoms with Gasteiger partial charge in [0.05, 0.1) is 45.8 Å². The molecular weight excluding hydrogens is 1060 g/mol. The van der Waals surface area contributed by atoms with Gasteiger partial charge in [-0.2, -0.15) is 0 Å². The van der Waals surface area contributed by atoms with Gasteiger partial charge in [0.2, 0.25) is 23.6 Å². The number of para-hydroxylation sites is 1. The molecule has 6 heterocycles. The Morgan fingerprint density at radius 1 is 0.866 bits per heavy atom. The zero-order valence-corrected chi connectivity index (χ0v) is 49.0. The van der Waals surface area contributed by atoms with E-state index in [1.807, 2.05) is 86.6 Å². The van der Waals surface area contributed by atoms with Gasteiger partial charge in [-0.1, -0.05) is 88.9 Å². The number of hydrogen-bond acceptors (Lipinski definition) is 16. The number of phenolic OH excluding ortho intramolecular Hbond substituents is 1. The minimum Gasteiger partial charge on any atom is -0.507 e. The molecule has 4 fully saturated rings. The molecule has 3 aromatic carbocycles. The summed E-state index contributed by atoms with van der Waals surface area (Å²) in [5, 5.41) is 35.5. The average Bonchev–Trinajstić information content (AvgIpc) is 4.25. The molecule has 9 rings (SSSR count). The van der Waals surface area contributed by atoms with E-state index in [9.17, 15) is 29.4 Å². The first-order valence-corrected chi connectivity index (χ1v) is 30.2. The second-order valence-corrected chi connectivity index (χ2v) is 24.4. The number of anilines is 3. The smallest absolute Gasteiger partial charge is 0.246 e. The number of piperidine rings is 1. The summed E-state index contributed by atoms with van der Waals surface area (Å²) < 4.78 is 12.8. The van der Waals surface area contributed by atoms with E-state index >= 15 is 0 Å². The highest BCUT2D eigenvalue weighted by Crippen LogP contribution is 2.38. The number of aromatic hydroxyl groups is 1. The molecule has 19 nitrogen and oxygen atoms in total. The van der Waals surface area contributed by atoms with Gasteiger partial charge < -0.3 is 55.7 Å². The van der Waals surface area contributed by atoms with E-state index in [4.69, 9.17) is 15.2 Å². The molecule has 4 aliphatic heterocycles. The molecular formula is C62H83N11O8S. The number of morpholine rings is 1. The van der Waals surface area contributed by atoms with E-state index in [0.29, 0.717) is 56.2 Å². The van der Waals surface area contributed by atoms with Crippen molar-refractivity contribution in [3.05, 3.63) is 95.6 Å². The van der Waals surface area contributed by atoms with Crippen LogP contribution >= 0.6 is 11.3 Å². The Morgan fingerprint density at radius 3 is 2.32 bits per heavy atom. The Balaban J connectivity index is 0.621. The van der Waals surface area contributed by atoms with E-state index in [1.54, 1.807) is 23.5 Å². The number of benzene rings is 3. The van der Waals surface area contributed by atoms with Crippen LogP contribution in [0.25, 0.3) is 21.7 Å². The molecule has 0 unspecified atom stereocenters. The molecule has 6 N–H and O–H groups in total. The number of nitrogens with zero attached hydrogens (tertiary/aromatic N) is 8. The number of aryl methyl sites for hydroxylation is 1. The molecule has 2 aromatic heterocycles. The Kier molecular flexibility index (Phi) is 20.0. The Hall–Kier alpha value is -6.87. The van der Waals surface area contributed by atoms with Crippen LogP contribution in [-0.4, -0.2) is 166 Å². The number of hydrogen-bond donors (Lipinski definition) is 5. The molecule has 3 atom stereocenters. The molecule has 4 saturated heterocycles. The molecule has 0 aliphatic carbocycles. The highest BCUT2D eigenvalue weighted by molar-refractivity contribution is 7.13. The maximum absolute atomic E-state index is 14.1. The summed E-state index contributed by atoms with van der Waals surface area (Å²) in [4.78, 5) is 69.9. The summed E-state index contributed by atoms with van der Waals surface area (Å²) in [7, 11) is 0. The van der Waals surface area contributed by atoms with Gasteiger partial charge in [-0.25, -0.2) is 4.98 Å². The number of unbranched alkanes of at least 4 members (excludes halogenated alkanes) is 5. The van der Waals surface area contributed by atoms with Crippen LogP contribution in [0.15, 0.2) is 84.4 Å². The third-order valence-electron chi connectivity index (χ3n) is 16.6. The quantitative estimate of drug-likeness (QED) is 0.0432. The summed E-state index contributed by atoms with van der Waals surface area (Å²) in [5.74, 6) is 0.639.